The van der Waals surface area contributed by atoms with Gasteiger partial charge in [-0.3, -0.25) is 4.79 Å². The van der Waals surface area contributed by atoms with E-state index in [4.69, 9.17) is 29.6 Å². The summed E-state index contributed by atoms with van der Waals surface area (Å²) in [5.41, 5.74) is 7.06. The van der Waals surface area contributed by atoms with Crippen molar-refractivity contribution in [3.63, 3.8) is 0 Å². The van der Waals surface area contributed by atoms with Gasteiger partial charge in [0, 0.05) is 30.1 Å². The molecule has 0 aliphatic heterocycles. The van der Waals surface area contributed by atoms with E-state index in [2.05, 4.69) is 0 Å². The van der Waals surface area contributed by atoms with Gasteiger partial charge >= 0.3 is 0 Å². The van der Waals surface area contributed by atoms with Crippen molar-refractivity contribution >= 4 is 34.7 Å². The molecule has 0 heterocycles. The molecule has 0 aliphatic carbocycles. The highest BCUT2D eigenvalue weighted by Gasteiger charge is 2.17. The Morgan fingerprint density at radius 1 is 1.56 bits per heavy atom. The number of thiocarbonyl (C=S) groups is 1. The lowest BCUT2D eigenvalue weighted by molar-refractivity contribution is 0.0786. The van der Waals surface area contributed by atoms with Crippen LogP contribution >= 0.6 is 23.8 Å². The Hall–Kier alpha value is -1.13. The van der Waals surface area contributed by atoms with Crippen molar-refractivity contribution in [1.29, 1.82) is 0 Å². The normalized spacial score (nSPS) is 12.0. The second kappa shape index (κ2) is 6.16. The van der Waals surface area contributed by atoms with Gasteiger partial charge in [0.1, 0.15) is 0 Å². The van der Waals surface area contributed by atoms with Gasteiger partial charge in [-0.05, 0) is 24.6 Å². The van der Waals surface area contributed by atoms with Crippen molar-refractivity contribution in [1.82, 2.24) is 4.90 Å². The van der Waals surface area contributed by atoms with Crippen molar-refractivity contribution in [2.24, 2.45) is 11.7 Å². The largest absolute Gasteiger partial charge is 0.393 e. The van der Waals surface area contributed by atoms with Crippen LogP contribution in [-0.4, -0.2) is 29.4 Å². The fraction of sp³-hybridized carbons (Fsp3) is 0.385. The topological polar surface area (TPSA) is 46.3 Å². The van der Waals surface area contributed by atoms with Gasteiger partial charge < -0.3 is 10.6 Å². The fourth-order valence-electron chi connectivity index (χ4n) is 1.61. The molecule has 0 radical (unpaired) electrons. The average molecular weight is 285 g/mol. The van der Waals surface area contributed by atoms with Crippen molar-refractivity contribution < 1.29 is 4.79 Å². The number of aryl methyl sites for hydroxylation is 1. The SMILES string of the molecule is Cc1ccc(Cl)cc1C(=O)N(C)CC(C)C(N)=S. The number of nitrogens with zero attached hydrogens (tertiary/aromatic N) is 1. The van der Waals surface area contributed by atoms with E-state index < -0.39 is 0 Å². The summed E-state index contributed by atoms with van der Waals surface area (Å²) < 4.78 is 0. The second-order valence-corrected chi connectivity index (χ2v) is 5.36. The maximum atomic E-state index is 12.3. The molecule has 5 heteroatoms. The minimum Gasteiger partial charge on any atom is -0.393 e. The lowest BCUT2D eigenvalue weighted by Crippen LogP contribution is -2.35. The van der Waals surface area contributed by atoms with Crippen molar-refractivity contribution in [3.05, 3.63) is 34.3 Å². The molecule has 0 bridgehead atoms. The summed E-state index contributed by atoms with van der Waals surface area (Å²) in [7, 11) is 1.73. The number of halogens is 1. The summed E-state index contributed by atoms with van der Waals surface area (Å²) in [5.74, 6) is -0.0773. The minimum atomic E-state index is -0.0712. The van der Waals surface area contributed by atoms with Gasteiger partial charge in [-0.15, -0.1) is 0 Å². The van der Waals surface area contributed by atoms with Crippen molar-refractivity contribution in [2.75, 3.05) is 13.6 Å². The van der Waals surface area contributed by atoms with Crippen LogP contribution in [-0.2, 0) is 0 Å². The van der Waals surface area contributed by atoms with E-state index in [0.29, 0.717) is 22.1 Å². The molecule has 0 spiro atoms. The average Bonchev–Trinajstić information content (AvgIpc) is 2.31. The van der Waals surface area contributed by atoms with Gasteiger partial charge in [0.2, 0.25) is 0 Å². The van der Waals surface area contributed by atoms with E-state index in [1.54, 1.807) is 24.1 Å². The molecule has 3 nitrogen and oxygen atoms in total. The maximum absolute atomic E-state index is 12.3. The molecule has 0 fully saturated rings. The quantitative estimate of drug-likeness (QED) is 0.865. The van der Waals surface area contributed by atoms with Gasteiger partial charge in [-0.1, -0.05) is 36.8 Å². The minimum absolute atomic E-state index is 0.00607. The first-order chi connectivity index (χ1) is 8.32. The first-order valence-corrected chi connectivity index (χ1v) is 6.42. The Balaban J connectivity index is 2.86. The van der Waals surface area contributed by atoms with Crippen LogP contribution in [0, 0.1) is 12.8 Å². The number of rotatable bonds is 4. The van der Waals surface area contributed by atoms with Gasteiger partial charge in [0.05, 0.1) is 4.99 Å². The molecule has 1 amide bonds. The zero-order valence-electron chi connectivity index (χ0n) is 10.7. The van der Waals surface area contributed by atoms with E-state index >= 15 is 0 Å². The Labute approximate surface area is 118 Å². The predicted octanol–water partition coefficient (Wildman–Crippen LogP) is 2.64. The number of amides is 1. The molecule has 98 valence electrons. The van der Waals surface area contributed by atoms with Crippen LogP contribution in [0.25, 0.3) is 0 Å². The van der Waals surface area contributed by atoms with Crippen LogP contribution in [0.3, 0.4) is 0 Å². The third kappa shape index (κ3) is 3.68. The van der Waals surface area contributed by atoms with Crippen LogP contribution in [0.1, 0.15) is 22.8 Å². The first kappa shape index (κ1) is 14.9. The first-order valence-electron chi connectivity index (χ1n) is 5.64. The Morgan fingerprint density at radius 2 is 2.17 bits per heavy atom. The number of benzene rings is 1. The summed E-state index contributed by atoms with van der Waals surface area (Å²) in [5, 5.41) is 0.555. The molecule has 1 aromatic carbocycles. The van der Waals surface area contributed by atoms with Gasteiger partial charge in [0.15, 0.2) is 0 Å². The number of carbonyl (C=O) groups is 1. The number of hydrogen-bond acceptors (Lipinski definition) is 2. The Morgan fingerprint density at radius 3 is 2.72 bits per heavy atom. The van der Waals surface area contributed by atoms with Crippen LogP contribution in [0.2, 0.25) is 5.02 Å². The van der Waals surface area contributed by atoms with E-state index in [-0.39, 0.29) is 11.8 Å². The number of nitrogens with two attached hydrogens (primary N) is 1. The summed E-state index contributed by atoms with van der Waals surface area (Å²) in [6.45, 7) is 4.28. The molecular weight excluding hydrogens is 268 g/mol. The fourth-order valence-corrected chi connectivity index (χ4v) is 1.86. The summed E-state index contributed by atoms with van der Waals surface area (Å²) in [6, 6.07) is 5.28. The van der Waals surface area contributed by atoms with Crippen LogP contribution in [0.4, 0.5) is 0 Å². The van der Waals surface area contributed by atoms with E-state index in [0.717, 1.165) is 5.56 Å². The van der Waals surface area contributed by atoms with E-state index in [1.165, 1.54) is 0 Å². The van der Waals surface area contributed by atoms with Gasteiger partial charge in [0.25, 0.3) is 5.91 Å². The predicted molar refractivity (Wildman–Crippen MR) is 79.1 cm³/mol. The molecule has 18 heavy (non-hydrogen) atoms. The molecular formula is C13H17ClN2OS. The number of hydrogen-bond donors (Lipinski definition) is 1. The molecule has 0 aliphatic rings. The van der Waals surface area contributed by atoms with Gasteiger partial charge in [-0.2, -0.15) is 0 Å². The van der Waals surface area contributed by atoms with E-state index in [1.807, 2.05) is 19.9 Å². The van der Waals surface area contributed by atoms with Crippen LogP contribution in [0.5, 0.6) is 0 Å². The van der Waals surface area contributed by atoms with Crippen LogP contribution < -0.4 is 5.73 Å². The molecule has 0 aromatic heterocycles. The molecule has 1 rings (SSSR count). The highest BCUT2D eigenvalue weighted by Crippen LogP contribution is 2.17. The Bertz CT molecular complexity index is 476. The highest BCUT2D eigenvalue weighted by molar-refractivity contribution is 7.80. The lowest BCUT2D eigenvalue weighted by atomic mass is 10.1. The third-order valence-corrected chi connectivity index (χ3v) is 3.45. The Kier molecular flexibility index (Phi) is 5.11. The zero-order chi connectivity index (χ0) is 13.9. The standard InChI is InChI=1S/C13H17ClN2OS/c1-8-4-5-10(14)6-11(8)13(17)16(3)7-9(2)12(15)18/h4-6,9H,7H2,1-3H3,(H2,15,18). The smallest absolute Gasteiger partial charge is 0.253 e. The monoisotopic (exact) mass is 284 g/mol. The molecule has 2 N–H and O–H groups in total. The molecule has 0 saturated heterocycles. The lowest BCUT2D eigenvalue weighted by Gasteiger charge is -2.21. The molecule has 1 aromatic rings. The maximum Gasteiger partial charge on any atom is 0.253 e. The molecule has 0 saturated carbocycles. The van der Waals surface area contributed by atoms with Crippen molar-refractivity contribution in [3.8, 4) is 0 Å². The third-order valence-electron chi connectivity index (χ3n) is 2.81. The summed E-state index contributed by atoms with van der Waals surface area (Å²) in [6.07, 6.45) is 0. The molecule has 1 atom stereocenters. The summed E-state index contributed by atoms with van der Waals surface area (Å²) in [4.78, 5) is 14.3. The highest BCUT2D eigenvalue weighted by atomic mass is 35.5. The van der Waals surface area contributed by atoms with E-state index in [9.17, 15) is 4.79 Å². The molecule has 1 unspecified atom stereocenters. The summed E-state index contributed by atoms with van der Waals surface area (Å²) >= 11 is 10.8. The number of carbonyl (C=O) groups excluding carboxylic acids is 1. The van der Waals surface area contributed by atoms with Crippen molar-refractivity contribution in [2.45, 2.75) is 13.8 Å². The van der Waals surface area contributed by atoms with Gasteiger partial charge in [-0.25, -0.2) is 0 Å². The second-order valence-electron chi connectivity index (χ2n) is 4.45. The zero-order valence-corrected chi connectivity index (χ0v) is 12.3. The van der Waals surface area contributed by atoms with Crippen LogP contribution in [0.15, 0.2) is 18.2 Å².